The molecule has 1 fully saturated rings. The molecule has 0 bridgehead atoms. The van der Waals surface area contributed by atoms with E-state index in [2.05, 4.69) is 0 Å². The van der Waals surface area contributed by atoms with E-state index >= 15 is 0 Å². The van der Waals surface area contributed by atoms with Crippen LogP contribution in [-0.4, -0.2) is 38.3 Å². The van der Waals surface area contributed by atoms with Gasteiger partial charge in [0.15, 0.2) is 0 Å². The predicted molar refractivity (Wildman–Crippen MR) is 52.9 cm³/mol. The Morgan fingerprint density at radius 2 is 2.00 bits per heavy atom. The van der Waals surface area contributed by atoms with Crippen molar-refractivity contribution in [1.82, 2.24) is 5.06 Å². The van der Waals surface area contributed by atoms with Crippen molar-refractivity contribution < 1.29 is 14.7 Å². The lowest BCUT2D eigenvalue weighted by Gasteiger charge is -2.19. The number of hydrogen-bond donors (Lipinski definition) is 0. The molecule has 0 aromatic carbocycles. The number of hydrogen-bond acceptors (Lipinski definition) is 6. The average molecular weight is 317 g/mol. The van der Waals surface area contributed by atoms with Crippen LogP contribution in [0.5, 0.6) is 0 Å². The van der Waals surface area contributed by atoms with E-state index in [0.29, 0.717) is 4.43 Å². The number of rotatable bonds is 4. The van der Waals surface area contributed by atoms with Gasteiger partial charge in [0, 0.05) is 11.0 Å². The van der Waals surface area contributed by atoms with Gasteiger partial charge in [-0.15, -0.1) is 0 Å². The molecule has 80 valence electrons. The number of nitro groups is 2. The standard InChI is InChI=1S/C5H8IN3O5/c6-2-3-7-5(8(10)11,9(12)13)1-4-14-7/h1-4H2. The molecule has 0 aromatic heterocycles. The topological polar surface area (TPSA) is 98.8 Å². The minimum atomic E-state index is -2.29. The zero-order valence-electron chi connectivity index (χ0n) is 7.09. The molecule has 0 atom stereocenters. The lowest BCUT2D eigenvalue weighted by molar-refractivity contribution is -0.831. The van der Waals surface area contributed by atoms with Gasteiger partial charge in [-0.05, 0) is 0 Å². The summed E-state index contributed by atoms with van der Waals surface area (Å²) in [5.74, 6) is -2.29. The van der Waals surface area contributed by atoms with Crippen LogP contribution in [0, 0.1) is 20.2 Å². The third kappa shape index (κ3) is 1.66. The SMILES string of the molecule is O=[N+]([O-])C1([N+](=O)[O-])CCON1CCI. The molecule has 14 heavy (non-hydrogen) atoms. The van der Waals surface area contributed by atoms with Gasteiger partial charge in [0.1, 0.15) is 16.3 Å². The first-order chi connectivity index (χ1) is 6.55. The first kappa shape index (κ1) is 11.5. The predicted octanol–water partition coefficient (Wildman–Crippen LogP) is 0.266. The third-order valence-corrected chi connectivity index (χ3v) is 2.44. The first-order valence-corrected chi connectivity index (χ1v) is 5.33. The van der Waals surface area contributed by atoms with Crippen molar-refractivity contribution in [2.24, 2.45) is 0 Å². The minimum Gasteiger partial charge on any atom is -0.286 e. The normalized spacial score (nSPS) is 20.9. The van der Waals surface area contributed by atoms with Gasteiger partial charge in [0.05, 0.1) is 6.61 Å². The van der Waals surface area contributed by atoms with E-state index in [0.717, 1.165) is 5.06 Å². The molecule has 1 rings (SSSR count). The zero-order chi connectivity index (χ0) is 10.8. The van der Waals surface area contributed by atoms with Crippen molar-refractivity contribution >= 4 is 22.6 Å². The summed E-state index contributed by atoms with van der Waals surface area (Å²) in [6, 6.07) is 0. The Morgan fingerprint density at radius 1 is 1.43 bits per heavy atom. The summed E-state index contributed by atoms with van der Waals surface area (Å²) in [4.78, 5) is 24.5. The Hall–Kier alpha value is -0.550. The van der Waals surface area contributed by atoms with E-state index in [4.69, 9.17) is 4.84 Å². The van der Waals surface area contributed by atoms with Crippen molar-refractivity contribution in [3.05, 3.63) is 20.2 Å². The Morgan fingerprint density at radius 3 is 2.43 bits per heavy atom. The summed E-state index contributed by atoms with van der Waals surface area (Å²) in [5.41, 5.74) is 0. The van der Waals surface area contributed by atoms with Crippen LogP contribution in [0.4, 0.5) is 0 Å². The molecule has 0 radical (unpaired) electrons. The molecule has 1 saturated heterocycles. The van der Waals surface area contributed by atoms with Gasteiger partial charge in [0.2, 0.25) is 0 Å². The van der Waals surface area contributed by atoms with Crippen LogP contribution in [0.1, 0.15) is 6.42 Å². The van der Waals surface area contributed by atoms with E-state index in [1.54, 1.807) is 0 Å². The molecule has 0 unspecified atom stereocenters. The maximum Gasteiger partial charge on any atom is 0.546 e. The van der Waals surface area contributed by atoms with Gasteiger partial charge >= 0.3 is 5.79 Å². The molecule has 0 saturated carbocycles. The molecule has 1 aliphatic rings. The Bertz CT molecular complexity index is 246. The molecular formula is C5H8IN3O5. The highest BCUT2D eigenvalue weighted by Gasteiger charge is 2.66. The first-order valence-electron chi connectivity index (χ1n) is 3.81. The van der Waals surface area contributed by atoms with Gasteiger partial charge < -0.3 is 0 Å². The van der Waals surface area contributed by atoms with Crippen LogP contribution in [0.25, 0.3) is 0 Å². The highest BCUT2D eigenvalue weighted by molar-refractivity contribution is 14.1. The Labute approximate surface area is 92.6 Å². The Balaban J connectivity index is 2.95. The molecule has 0 amide bonds. The summed E-state index contributed by atoms with van der Waals surface area (Å²) in [6.45, 7) is 0.182. The minimum absolute atomic E-state index is 0.0125. The second-order valence-electron chi connectivity index (χ2n) is 2.66. The maximum absolute atomic E-state index is 10.7. The van der Waals surface area contributed by atoms with Crippen LogP contribution < -0.4 is 0 Å². The number of halogens is 1. The van der Waals surface area contributed by atoms with Crippen LogP contribution in [-0.2, 0) is 4.84 Å². The van der Waals surface area contributed by atoms with Gasteiger partial charge in [-0.1, -0.05) is 27.7 Å². The Kier molecular flexibility index (Phi) is 3.55. The summed E-state index contributed by atoms with van der Waals surface area (Å²) < 4.78 is 0.529. The summed E-state index contributed by atoms with van der Waals surface area (Å²) >= 11 is 1.97. The molecule has 0 N–H and O–H groups in total. The van der Waals surface area contributed by atoms with Crippen molar-refractivity contribution in [3.63, 3.8) is 0 Å². The molecule has 1 heterocycles. The van der Waals surface area contributed by atoms with Gasteiger partial charge in [0.25, 0.3) is 0 Å². The molecule has 8 nitrogen and oxygen atoms in total. The molecule has 0 spiro atoms. The average Bonchev–Trinajstić information content (AvgIpc) is 2.49. The van der Waals surface area contributed by atoms with Crippen molar-refractivity contribution in [3.8, 4) is 0 Å². The van der Waals surface area contributed by atoms with Crippen molar-refractivity contribution in [2.45, 2.75) is 12.2 Å². The highest BCUT2D eigenvalue weighted by atomic mass is 127. The lowest BCUT2D eigenvalue weighted by atomic mass is 10.3. The molecule has 0 aliphatic carbocycles. The van der Waals surface area contributed by atoms with Gasteiger partial charge in [-0.25, -0.2) is 0 Å². The molecule has 0 aromatic rings. The van der Waals surface area contributed by atoms with E-state index in [9.17, 15) is 20.2 Å². The van der Waals surface area contributed by atoms with Gasteiger partial charge in [-0.2, -0.15) is 0 Å². The fraction of sp³-hybridized carbons (Fsp3) is 1.00. The summed E-state index contributed by atoms with van der Waals surface area (Å²) in [6.07, 6.45) is -0.219. The smallest absolute Gasteiger partial charge is 0.286 e. The van der Waals surface area contributed by atoms with E-state index in [1.807, 2.05) is 22.6 Å². The lowest BCUT2D eigenvalue weighted by Crippen LogP contribution is -2.56. The summed E-state index contributed by atoms with van der Waals surface area (Å²) in [5, 5.41) is 22.2. The van der Waals surface area contributed by atoms with E-state index in [1.165, 1.54) is 0 Å². The fourth-order valence-corrected chi connectivity index (χ4v) is 1.71. The highest BCUT2D eigenvalue weighted by Crippen LogP contribution is 2.28. The van der Waals surface area contributed by atoms with Crippen molar-refractivity contribution in [2.75, 3.05) is 17.6 Å². The van der Waals surface area contributed by atoms with E-state index < -0.39 is 15.6 Å². The second-order valence-corrected chi connectivity index (χ2v) is 3.74. The van der Waals surface area contributed by atoms with E-state index in [-0.39, 0.29) is 19.6 Å². The number of nitrogens with zero attached hydrogens (tertiary/aromatic N) is 3. The molecule has 9 heteroatoms. The maximum atomic E-state index is 10.7. The quantitative estimate of drug-likeness (QED) is 0.243. The van der Waals surface area contributed by atoms with Crippen LogP contribution in [0.3, 0.4) is 0 Å². The van der Waals surface area contributed by atoms with Crippen LogP contribution in [0.15, 0.2) is 0 Å². The largest absolute Gasteiger partial charge is 0.546 e. The summed E-state index contributed by atoms with van der Waals surface area (Å²) in [7, 11) is 0. The van der Waals surface area contributed by atoms with Crippen LogP contribution >= 0.6 is 22.6 Å². The van der Waals surface area contributed by atoms with Crippen molar-refractivity contribution in [1.29, 1.82) is 0 Å². The second kappa shape index (κ2) is 4.31. The molecular weight excluding hydrogens is 309 g/mol. The van der Waals surface area contributed by atoms with Gasteiger partial charge in [-0.3, -0.25) is 25.1 Å². The number of alkyl halides is 1. The molecule has 1 aliphatic heterocycles. The fourth-order valence-electron chi connectivity index (χ4n) is 1.27. The van der Waals surface area contributed by atoms with Crippen LogP contribution in [0.2, 0.25) is 0 Å². The monoisotopic (exact) mass is 317 g/mol. The zero-order valence-corrected chi connectivity index (χ0v) is 9.25. The third-order valence-electron chi connectivity index (χ3n) is 1.96. The number of hydroxylamine groups is 2.